The molecule has 2 aliphatic rings. The molecule has 0 saturated heterocycles. The number of aliphatic hydroxyl groups excluding tert-OH is 1. The minimum atomic E-state index is -1.20. The van der Waals surface area contributed by atoms with Crippen LogP contribution in [0.4, 0.5) is 0 Å². The molecule has 1 aromatic carbocycles. The molecule has 3 rings (SSSR count). The van der Waals surface area contributed by atoms with Gasteiger partial charge in [-0.1, -0.05) is 0 Å². The molecule has 2 N–H and O–H groups in total. The molecule has 1 aliphatic heterocycles. The summed E-state index contributed by atoms with van der Waals surface area (Å²) >= 11 is 0. The summed E-state index contributed by atoms with van der Waals surface area (Å²) in [6, 6.07) is 2.88. The summed E-state index contributed by atoms with van der Waals surface area (Å²) in [4.78, 5) is 23.9. The highest BCUT2D eigenvalue weighted by molar-refractivity contribution is 6.09. The van der Waals surface area contributed by atoms with Gasteiger partial charge in [0.2, 0.25) is 0 Å². The van der Waals surface area contributed by atoms with Crippen LogP contribution in [0.3, 0.4) is 0 Å². The van der Waals surface area contributed by atoms with Gasteiger partial charge in [-0.3, -0.25) is 4.79 Å². The first-order valence-corrected chi connectivity index (χ1v) is 6.44. The number of fused-ring (bicyclic) bond motifs is 3. The maximum atomic E-state index is 12.1. The quantitative estimate of drug-likeness (QED) is 0.751. The van der Waals surface area contributed by atoms with Crippen LogP contribution in [0.1, 0.15) is 29.3 Å². The number of ether oxygens (including phenoxy) is 2. The number of phenols is 1. The third-order valence-electron chi connectivity index (χ3n) is 3.91. The molecule has 0 radical (unpaired) electrons. The second-order valence-corrected chi connectivity index (χ2v) is 5.37. The lowest BCUT2D eigenvalue weighted by Gasteiger charge is -2.40. The fourth-order valence-electron chi connectivity index (χ4n) is 2.83. The molecular weight excluding hydrogens is 276 g/mol. The fraction of sp³-hybridized carbons (Fsp3) is 0.333. The Labute approximate surface area is 120 Å². The molecule has 0 unspecified atom stereocenters. The molecule has 2 atom stereocenters. The monoisotopic (exact) mass is 290 g/mol. The van der Waals surface area contributed by atoms with Crippen molar-refractivity contribution in [3.8, 4) is 11.5 Å². The number of aromatic hydroxyl groups is 1. The molecule has 0 amide bonds. The van der Waals surface area contributed by atoms with Crippen molar-refractivity contribution in [1.29, 1.82) is 0 Å². The van der Waals surface area contributed by atoms with Crippen molar-refractivity contribution in [2.45, 2.75) is 25.0 Å². The number of phenolic OH excluding ortho intramolecular Hbond substituents is 1. The number of carbonyl (C=O) groups excluding carboxylic acids is 2. The second-order valence-electron chi connectivity index (χ2n) is 5.37. The van der Waals surface area contributed by atoms with E-state index in [1.165, 1.54) is 19.3 Å². The van der Waals surface area contributed by atoms with Gasteiger partial charge >= 0.3 is 5.97 Å². The number of ketones is 1. The predicted molar refractivity (Wildman–Crippen MR) is 72.1 cm³/mol. The van der Waals surface area contributed by atoms with E-state index < -0.39 is 23.5 Å². The number of carbonyl (C=O) groups is 2. The second kappa shape index (κ2) is 4.33. The molecule has 6 heteroatoms. The van der Waals surface area contributed by atoms with E-state index in [9.17, 15) is 19.8 Å². The Hall–Kier alpha value is -2.34. The minimum absolute atomic E-state index is 0.00344. The van der Waals surface area contributed by atoms with Crippen molar-refractivity contribution in [2.75, 3.05) is 7.11 Å². The van der Waals surface area contributed by atoms with Crippen molar-refractivity contribution in [1.82, 2.24) is 0 Å². The van der Waals surface area contributed by atoms with E-state index in [0.29, 0.717) is 16.9 Å². The summed E-state index contributed by atoms with van der Waals surface area (Å²) in [5.74, 6) is -1.04. The molecule has 0 bridgehead atoms. The Kier molecular flexibility index (Phi) is 2.81. The Morgan fingerprint density at radius 1 is 1.38 bits per heavy atom. The number of benzene rings is 1. The van der Waals surface area contributed by atoms with E-state index in [1.807, 2.05) is 0 Å². The van der Waals surface area contributed by atoms with E-state index in [2.05, 4.69) is 0 Å². The van der Waals surface area contributed by atoms with Crippen molar-refractivity contribution in [2.24, 2.45) is 0 Å². The molecule has 1 heterocycles. The minimum Gasteiger partial charge on any atom is -0.507 e. The molecule has 6 nitrogen and oxygen atoms in total. The van der Waals surface area contributed by atoms with Crippen LogP contribution in [0.15, 0.2) is 18.2 Å². The predicted octanol–water partition coefficient (Wildman–Crippen LogP) is 1.05. The highest BCUT2D eigenvalue weighted by atomic mass is 16.6. The summed E-state index contributed by atoms with van der Waals surface area (Å²) < 4.78 is 10.4. The van der Waals surface area contributed by atoms with Gasteiger partial charge in [-0.25, -0.2) is 4.79 Å². The van der Waals surface area contributed by atoms with Crippen LogP contribution in [0, 0.1) is 0 Å². The Morgan fingerprint density at radius 2 is 2.10 bits per heavy atom. The first kappa shape index (κ1) is 13.6. The molecule has 110 valence electrons. The molecule has 0 spiro atoms. The molecule has 1 aliphatic carbocycles. The Morgan fingerprint density at radius 3 is 2.76 bits per heavy atom. The van der Waals surface area contributed by atoms with Crippen LogP contribution in [-0.2, 0) is 9.53 Å². The summed E-state index contributed by atoms with van der Waals surface area (Å²) in [6.07, 6.45) is 0.0476. The van der Waals surface area contributed by atoms with Crippen LogP contribution in [0.25, 0.3) is 5.57 Å². The zero-order valence-electron chi connectivity index (χ0n) is 11.5. The lowest BCUT2D eigenvalue weighted by molar-refractivity contribution is -0.126. The van der Waals surface area contributed by atoms with Crippen LogP contribution in [0.2, 0.25) is 0 Å². The van der Waals surface area contributed by atoms with Crippen molar-refractivity contribution in [3.05, 3.63) is 29.3 Å². The van der Waals surface area contributed by atoms with Gasteiger partial charge in [0, 0.05) is 23.6 Å². The highest BCUT2D eigenvalue weighted by Crippen LogP contribution is 2.46. The van der Waals surface area contributed by atoms with Gasteiger partial charge in [0.15, 0.2) is 5.78 Å². The van der Waals surface area contributed by atoms with E-state index in [4.69, 9.17) is 9.47 Å². The van der Waals surface area contributed by atoms with E-state index in [1.54, 1.807) is 13.0 Å². The maximum absolute atomic E-state index is 12.1. The third-order valence-corrected chi connectivity index (χ3v) is 3.91. The largest absolute Gasteiger partial charge is 0.507 e. The van der Waals surface area contributed by atoms with E-state index in [0.717, 1.165) is 0 Å². The Bertz CT molecular complexity index is 690. The maximum Gasteiger partial charge on any atom is 0.343 e. The van der Waals surface area contributed by atoms with Crippen LogP contribution in [0.5, 0.6) is 11.5 Å². The number of hydrogen-bond donors (Lipinski definition) is 2. The molecule has 1 aromatic rings. The molecule has 0 aromatic heterocycles. The van der Waals surface area contributed by atoms with Gasteiger partial charge in [0.1, 0.15) is 28.8 Å². The molecule has 21 heavy (non-hydrogen) atoms. The molecular formula is C15H14O6. The van der Waals surface area contributed by atoms with Crippen LogP contribution < -0.4 is 4.74 Å². The zero-order valence-corrected chi connectivity index (χ0v) is 11.5. The van der Waals surface area contributed by atoms with Crippen molar-refractivity contribution < 1.29 is 29.3 Å². The Balaban J connectivity index is 2.29. The summed E-state index contributed by atoms with van der Waals surface area (Å²) in [5.41, 5.74) is -0.243. The van der Waals surface area contributed by atoms with Crippen LogP contribution in [-0.4, -0.2) is 40.8 Å². The number of esters is 1. The van der Waals surface area contributed by atoms with Gasteiger partial charge in [0.25, 0.3) is 0 Å². The lowest BCUT2D eigenvalue weighted by atomic mass is 9.76. The zero-order chi connectivity index (χ0) is 15.4. The van der Waals surface area contributed by atoms with Gasteiger partial charge in [-0.05, 0) is 19.1 Å². The smallest absolute Gasteiger partial charge is 0.343 e. The highest BCUT2D eigenvalue weighted by Gasteiger charge is 2.47. The third kappa shape index (κ3) is 1.91. The SMILES string of the molecule is COc1cc(O)c2c(c1)C1=CC(=O)[C@H](O)C[C@]1(C)OC2=O. The van der Waals surface area contributed by atoms with Crippen LogP contribution >= 0.6 is 0 Å². The average Bonchev–Trinajstić information content (AvgIpc) is 2.40. The standard InChI is InChI=1S/C15H14O6/c1-15-6-12(18)10(16)5-9(15)8-3-7(20-2)4-11(17)13(8)14(19)21-15/h3-5,12,17-18H,6H2,1-2H3/t12-,15+/m1/s1. The number of methoxy groups -OCH3 is 1. The summed E-state index contributed by atoms with van der Waals surface area (Å²) in [5, 5.41) is 19.7. The van der Waals surface area contributed by atoms with E-state index >= 15 is 0 Å². The van der Waals surface area contributed by atoms with Gasteiger partial charge < -0.3 is 19.7 Å². The number of hydrogen-bond acceptors (Lipinski definition) is 6. The first-order chi connectivity index (χ1) is 9.85. The summed E-state index contributed by atoms with van der Waals surface area (Å²) in [6.45, 7) is 1.63. The topological polar surface area (TPSA) is 93.1 Å². The van der Waals surface area contributed by atoms with Crippen molar-refractivity contribution in [3.63, 3.8) is 0 Å². The van der Waals surface area contributed by atoms with E-state index in [-0.39, 0.29) is 17.7 Å². The molecule has 0 saturated carbocycles. The van der Waals surface area contributed by atoms with Gasteiger partial charge in [0.05, 0.1) is 7.11 Å². The first-order valence-electron chi connectivity index (χ1n) is 6.44. The number of aliphatic hydroxyl groups is 1. The van der Waals surface area contributed by atoms with Gasteiger partial charge in [-0.2, -0.15) is 0 Å². The summed E-state index contributed by atoms with van der Waals surface area (Å²) in [7, 11) is 1.44. The lowest BCUT2D eigenvalue weighted by Crippen LogP contribution is -2.45. The fourth-order valence-corrected chi connectivity index (χ4v) is 2.83. The van der Waals surface area contributed by atoms with Crippen molar-refractivity contribution >= 4 is 17.3 Å². The average molecular weight is 290 g/mol. The normalized spacial score (nSPS) is 27.4. The van der Waals surface area contributed by atoms with Gasteiger partial charge in [-0.15, -0.1) is 0 Å². The number of rotatable bonds is 1. The molecule has 0 fully saturated rings.